The molecule has 7 saturated heterocycles. The molecule has 40 heavy (non-hydrogen) atoms. The van der Waals surface area contributed by atoms with Crippen molar-refractivity contribution in [3.63, 3.8) is 0 Å². The molecule has 7 aliphatic rings. The molecular weight excluding hydrogens is 641 g/mol. The minimum atomic E-state index is -2.53. The van der Waals surface area contributed by atoms with E-state index in [1.807, 2.05) is 0 Å². The quantitative estimate of drug-likeness (QED) is 0.246. The van der Waals surface area contributed by atoms with Gasteiger partial charge in [-0.25, -0.2) is 0 Å². The van der Waals surface area contributed by atoms with E-state index < -0.39 is 68.2 Å². The van der Waals surface area contributed by atoms with Gasteiger partial charge in [-0.05, 0) is 94.2 Å². The first-order chi connectivity index (χ1) is 18.6. The Labute approximate surface area is 251 Å². The SMILES string of the molecule is C[Si]12CCCC[Si@]3(C)O[Si]4(C)CCCC[Si]5(O1)O[Si]1(C)CCCC[Si@](C)(O4)O[Si@](C)(CCCC[Si@@](C)(OC15)O2)O3. The van der Waals surface area contributed by atoms with E-state index in [4.69, 9.17) is 33.2 Å². The Morgan fingerprint density at radius 3 is 1.12 bits per heavy atom. The van der Waals surface area contributed by atoms with Crippen molar-refractivity contribution in [3.05, 3.63) is 0 Å². The van der Waals surface area contributed by atoms with Crippen molar-refractivity contribution in [3.8, 4) is 0 Å². The van der Waals surface area contributed by atoms with Gasteiger partial charge in [0.25, 0.3) is 0 Å². The maximum atomic E-state index is 7.42. The molecule has 9 atom stereocenters. The summed E-state index contributed by atoms with van der Waals surface area (Å²) < 4.78 is 58.8. The van der Waals surface area contributed by atoms with Crippen LogP contribution in [-0.2, 0) is 33.2 Å². The molecule has 0 radical (unpaired) electrons. The zero-order chi connectivity index (χ0) is 28.5. The fourth-order valence-corrected chi connectivity index (χ4v) is 59.6. The van der Waals surface area contributed by atoms with E-state index in [1.165, 1.54) is 0 Å². The van der Waals surface area contributed by atoms with Crippen molar-refractivity contribution in [1.82, 2.24) is 0 Å². The van der Waals surface area contributed by atoms with Crippen molar-refractivity contribution in [2.75, 3.05) is 0 Å². The van der Waals surface area contributed by atoms with E-state index in [-0.39, 0.29) is 5.35 Å². The van der Waals surface area contributed by atoms with Crippen molar-refractivity contribution >= 4 is 68.2 Å². The first-order valence-electron chi connectivity index (χ1n) is 16.2. The third kappa shape index (κ3) is 6.26. The normalized spacial score (nSPS) is 56.0. The van der Waals surface area contributed by atoms with Gasteiger partial charge < -0.3 is 33.2 Å². The number of hydrogen-bond acceptors (Lipinski definition) is 8. The van der Waals surface area contributed by atoms with E-state index in [0.717, 1.165) is 99.7 Å². The van der Waals surface area contributed by atoms with Crippen molar-refractivity contribution in [2.45, 2.75) is 151 Å². The van der Waals surface area contributed by atoms with Gasteiger partial charge in [0.1, 0.15) is 5.35 Å². The van der Waals surface area contributed by atoms with Gasteiger partial charge in [-0.2, -0.15) is 0 Å². The lowest BCUT2D eigenvalue weighted by atomic mass is 10.4. The molecule has 16 heteroatoms. The van der Waals surface area contributed by atoms with E-state index in [1.54, 1.807) is 0 Å². The molecule has 7 rings (SSSR count). The summed E-state index contributed by atoms with van der Waals surface area (Å²) in [4.78, 5) is 0. The predicted octanol–water partition coefficient (Wildman–Crippen LogP) is 7.22. The fraction of sp³-hybridized carbons (Fsp3) is 1.00. The number of hydrogen-bond donors (Lipinski definition) is 0. The van der Waals surface area contributed by atoms with Gasteiger partial charge in [0.2, 0.25) is 8.32 Å². The second kappa shape index (κ2) is 10.8. The van der Waals surface area contributed by atoms with Crippen molar-refractivity contribution in [1.29, 1.82) is 0 Å². The van der Waals surface area contributed by atoms with Crippen LogP contribution >= 0.6 is 0 Å². The Hall–Kier alpha value is 1.42. The van der Waals surface area contributed by atoms with Gasteiger partial charge in [-0.15, -0.1) is 0 Å². The average molecular weight is 695 g/mol. The molecule has 7 aliphatic heterocycles. The minimum Gasteiger partial charge on any atom is -0.433 e. The van der Waals surface area contributed by atoms with Crippen LogP contribution in [0.5, 0.6) is 0 Å². The third-order valence-corrected chi connectivity index (χ3v) is 50.4. The zero-order valence-electron chi connectivity index (χ0n) is 26.2. The third-order valence-electron chi connectivity index (χ3n) is 10.3. The lowest BCUT2D eigenvalue weighted by Crippen LogP contribution is -2.81. The molecule has 0 aliphatic carbocycles. The number of rotatable bonds is 0. The summed E-state index contributed by atoms with van der Waals surface area (Å²) in [6.07, 6.45) is 8.74. The number of fused-ring (bicyclic) bond motifs is 8. The van der Waals surface area contributed by atoms with Crippen molar-refractivity contribution in [2.24, 2.45) is 0 Å². The summed E-state index contributed by atoms with van der Waals surface area (Å²) in [5, 5.41) is 0.220. The topological polar surface area (TPSA) is 73.8 Å². The largest absolute Gasteiger partial charge is 0.433 e. The predicted molar refractivity (Wildman–Crippen MR) is 175 cm³/mol. The van der Waals surface area contributed by atoms with Gasteiger partial charge in [0.15, 0.2) is 0 Å². The average Bonchev–Trinajstić information content (AvgIpc) is 2.89. The molecule has 8 bridgehead atoms. The molecule has 0 amide bonds. The van der Waals surface area contributed by atoms with Gasteiger partial charge in [-0.3, -0.25) is 0 Å². The molecule has 0 aromatic heterocycles. The van der Waals surface area contributed by atoms with Crippen LogP contribution < -0.4 is 0 Å². The van der Waals surface area contributed by atoms with Gasteiger partial charge in [-0.1, -0.05) is 51.4 Å². The monoisotopic (exact) mass is 694 g/mol. The Kier molecular flexibility index (Phi) is 8.44. The van der Waals surface area contributed by atoms with Crippen LogP contribution in [0, 0.1) is 0 Å². The first-order valence-corrected chi connectivity index (χ1v) is 36.1. The molecule has 8 nitrogen and oxygen atoms in total. The molecule has 0 aromatic carbocycles. The van der Waals surface area contributed by atoms with Crippen LogP contribution in [0.25, 0.3) is 0 Å². The van der Waals surface area contributed by atoms with Crippen LogP contribution in [0.3, 0.4) is 0 Å². The Bertz CT molecular complexity index is 979. The second-order valence-electron chi connectivity index (χ2n) is 15.0. The highest BCUT2D eigenvalue weighted by Crippen LogP contribution is 2.52. The fourth-order valence-electron chi connectivity index (χ4n) is 8.78. The van der Waals surface area contributed by atoms with Crippen LogP contribution in [0.2, 0.25) is 94.2 Å². The molecule has 1 spiro atoms. The lowest BCUT2D eigenvalue weighted by Gasteiger charge is -2.58. The zero-order valence-corrected chi connectivity index (χ0v) is 34.2. The van der Waals surface area contributed by atoms with Crippen LogP contribution in [0.15, 0.2) is 0 Å². The molecule has 230 valence electrons. The van der Waals surface area contributed by atoms with Crippen LogP contribution in [0.1, 0.15) is 51.4 Å². The smallest absolute Gasteiger partial charge is 0.347 e. The summed E-state index contributed by atoms with van der Waals surface area (Å²) in [6.45, 7) is 16.5. The Morgan fingerprint density at radius 2 is 0.675 bits per heavy atom. The van der Waals surface area contributed by atoms with Crippen molar-refractivity contribution < 1.29 is 33.2 Å². The van der Waals surface area contributed by atoms with Gasteiger partial charge >= 0.3 is 59.9 Å². The standard InChI is InChI=1S/C24H54O8Si8/c1-33-16-8-9-18-35(3)28-36(4)19-11-10-17-34(2)25-24(33)40(26-33)23-15-14-21-38(6,29-35)31-37(5,30-36)20-12-13-22-39(7,27-34)32-40/h24H,8-23H2,1-7H3/t24?,33?,34-,35-,36-,37-,38?,39?,40?/m0/s1. The van der Waals surface area contributed by atoms with E-state index in [2.05, 4.69) is 45.8 Å². The molecule has 7 fully saturated rings. The Morgan fingerprint density at radius 1 is 0.350 bits per heavy atom. The maximum Gasteiger partial charge on any atom is 0.347 e. The van der Waals surface area contributed by atoms with E-state index in [0.29, 0.717) is 0 Å². The highest BCUT2D eigenvalue weighted by Gasteiger charge is 2.73. The molecule has 0 N–H and O–H groups in total. The Balaban J connectivity index is 1.50. The first kappa shape index (κ1) is 31.4. The molecular formula is C24H54O8Si8. The minimum absolute atomic E-state index is 0.220. The van der Waals surface area contributed by atoms with E-state index >= 15 is 0 Å². The summed E-state index contributed by atoms with van der Waals surface area (Å²) in [7, 11) is -19.6. The molecule has 0 aromatic rings. The summed E-state index contributed by atoms with van der Waals surface area (Å²) >= 11 is 0. The van der Waals surface area contributed by atoms with Crippen LogP contribution in [-0.4, -0.2) is 73.6 Å². The highest BCUT2D eigenvalue weighted by molar-refractivity contribution is 7.07. The molecule has 0 saturated carbocycles. The van der Waals surface area contributed by atoms with Gasteiger partial charge in [0, 0.05) is 0 Å². The molecule has 5 unspecified atom stereocenters. The summed E-state index contributed by atoms with van der Waals surface area (Å²) in [6, 6.07) is 8.17. The van der Waals surface area contributed by atoms with Crippen LogP contribution in [0.4, 0.5) is 0 Å². The molecule has 7 heterocycles. The maximum absolute atomic E-state index is 7.42. The second-order valence-corrected chi connectivity index (χ2v) is 44.4. The van der Waals surface area contributed by atoms with E-state index in [9.17, 15) is 0 Å². The lowest BCUT2D eigenvalue weighted by molar-refractivity contribution is 0.177. The van der Waals surface area contributed by atoms with Gasteiger partial charge in [0.05, 0.1) is 0 Å². The summed E-state index contributed by atoms with van der Waals surface area (Å²) in [5.74, 6) is 0. The highest BCUT2D eigenvalue weighted by atomic mass is 28.5. The summed E-state index contributed by atoms with van der Waals surface area (Å²) in [5.41, 5.74) is 0.